The van der Waals surface area contributed by atoms with Crippen molar-refractivity contribution in [2.24, 2.45) is 0 Å². The van der Waals surface area contributed by atoms with E-state index in [-0.39, 0.29) is 11.8 Å². The largest absolute Gasteiger partial charge is 0.437 e. The molecule has 19 heavy (non-hydrogen) atoms. The molecule has 0 N–H and O–H groups in total. The van der Waals surface area contributed by atoms with Crippen molar-refractivity contribution in [1.82, 2.24) is 14.9 Å². The normalized spacial score (nSPS) is 13.6. The summed E-state index contributed by atoms with van der Waals surface area (Å²) in [6.45, 7) is 0.586. The maximum Gasteiger partial charge on any atom is 0.258 e. The number of hydrogen-bond donors (Lipinski definition) is 0. The van der Waals surface area contributed by atoms with Crippen molar-refractivity contribution in [3.05, 3.63) is 46.9 Å². The van der Waals surface area contributed by atoms with Crippen LogP contribution in [0.15, 0.2) is 30.7 Å². The van der Waals surface area contributed by atoms with Crippen LogP contribution in [0.3, 0.4) is 0 Å². The van der Waals surface area contributed by atoms with Crippen LogP contribution in [0, 0.1) is 0 Å². The lowest BCUT2D eigenvalue weighted by molar-refractivity contribution is 0.0814. The number of halogens is 1. The Labute approximate surface area is 114 Å². The molecule has 0 saturated heterocycles. The molecule has 96 valence electrons. The Balaban J connectivity index is 2.02. The number of ether oxygens (including phenoxy) is 1. The van der Waals surface area contributed by atoms with Gasteiger partial charge < -0.3 is 9.64 Å². The number of carbonyl (C=O) groups excluding carboxylic acids is 1. The van der Waals surface area contributed by atoms with Crippen molar-refractivity contribution in [3.8, 4) is 11.6 Å². The first-order chi connectivity index (χ1) is 9.16. The van der Waals surface area contributed by atoms with Crippen LogP contribution in [0.1, 0.15) is 15.9 Å². The fourth-order valence-corrected chi connectivity index (χ4v) is 2.18. The van der Waals surface area contributed by atoms with Crippen LogP contribution in [-0.4, -0.2) is 27.8 Å². The summed E-state index contributed by atoms with van der Waals surface area (Å²) < 4.78 is 5.64. The van der Waals surface area contributed by atoms with E-state index in [9.17, 15) is 4.79 Å². The van der Waals surface area contributed by atoms with Crippen LogP contribution < -0.4 is 4.74 Å². The molecule has 0 unspecified atom stereocenters. The zero-order chi connectivity index (χ0) is 13.4. The van der Waals surface area contributed by atoms with E-state index in [0.29, 0.717) is 22.9 Å². The van der Waals surface area contributed by atoms with Crippen molar-refractivity contribution < 1.29 is 9.53 Å². The monoisotopic (exact) mass is 275 g/mol. The Hall–Kier alpha value is -2.14. The number of benzene rings is 1. The molecular weight excluding hydrogens is 266 g/mol. The quantitative estimate of drug-likeness (QED) is 0.845. The van der Waals surface area contributed by atoms with E-state index in [1.807, 2.05) is 12.1 Å². The first-order valence-electron chi connectivity index (χ1n) is 5.67. The Kier molecular flexibility index (Phi) is 2.83. The highest BCUT2D eigenvalue weighted by atomic mass is 35.5. The summed E-state index contributed by atoms with van der Waals surface area (Å²) in [5, 5.41) is 0.305. The van der Waals surface area contributed by atoms with Gasteiger partial charge in [-0.1, -0.05) is 23.7 Å². The minimum absolute atomic E-state index is 0.0595. The van der Waals surface area contributed by atoms with Crippen LogP contribution in [0.5, 0.6) is 11.6 Å². The van der Waals surface area contributed by atoms with Crippen LogP contribution in [-0.2, 0) is 6.54 Å². The molecule has 3 rings (SSSR count). The molecule has 1 aromatic carbocycles. The minimum Gasteiger partial charge on any atom is -0.437 e. The van der Waals surface area contributed by atoms with E-state index >= 15 is 0 Å². The van der Waals surface area contributed by atoms with E-state index in [1.54, 1.807) is 18.0 Å². The van der Waals surface area contributed by atoms with Crippen molar-refractivity contribution in [3.63, 3.8) is 0 Å². The molecule has 0 aliphatic carbocycles. The molecule has 1 aliphatic heterocycles. The summed E-state index contributed by atoms with van der Waals surface area (Å²) >= 11 is 5.94. The average Bonchev–Trinajstić information content (AvgIpc) is 2.69. The number of amides is 1. The second-order valence-corrected chi connectivity index (χ2v) is 4.64. The third-order valence-corrected chi connectivity index (χ3v) is 3.18. The van der Waals surface area contributed by atoms with Gasteiger partial charge in [0.05, 0.1) is 11.8 Å². The van der Waals surface area contributed by atoms with Gasteiger partial charge in [-0.2, -0.15) is 0 Å². The first-order valence-corrected chi connectivity index (χ1v) is 6.05. The molecule has 0 bridgehead atoms. The number of hydrogen-bond acceptors (Lipinski definition) is 4. The van der Waals surface area contributed by atoms with Gasteiger partial charge in [0.2, 0.25) is 5.88 Å². The highest BCUT2D eigenvalue weighted by Gasteiger charge is 2.28. The second kappa shape index (κ2) is 4.51. The molecule has 0 atom stereocenters. The van der Waals surface area contributed by atoms with Gasteiger partial charge in [-0.15, -0.1) is 0 Å². The van der Waals surface area contributed by atoms with E-state index in [1.165, 1.54) is 12.5 Å². The Morgan fingerprint density at radius 1 is 1.42 bits per heavy atom. The van der Waals surface area contributed by atoms with Crippen molar-refractivity contribution >= 4 is 17.5 Å². The topological polar surface area (TPSA) is 55.3 Å². The van der Waals surface area contributed by atoms with Crippen LogP contribution >= 0.6 is 11.6 Å². The predicted octanol–water partition coefficient (Wildman–Crippen LogP) is 2.51. The summed E-state index contributed by atoms with van der Waals surface area (Å²) in [7, 11) is 1.75. The highest BCUT2D eigenvalue weighted by molar-refractivity contribution is 6.31. The number of nitrogens with zero attached hydrogens (tertiary/aromatic N) is 3. The lowest BCUT2D eigenvalue weighted by Gasteiger charge is -2.09. The average molecular weight is 276 g/mol. The van der Waals surface area contributed by atoms with Gasteiger partial charge in [0.25, 0.3) is 5.91 Å². The van der Waals surface area contributed by atoms with Crippen molar-refractivity contribution in [2.75, 3.05) is 7.05 Å². The minimum atomic E-state index is -0.0595. The fraction of sp³-hybridized carbons (Fsp3) is 0.154. The molecule has 0 saturated carbocycles. The maximum atomic E-state index is 12.1. The zero-order valence-electron chi connectivity index (χ0n) is 10.1. The van der Waals surface area contributed by atoms with E-state index in [2.05, 4.69) is 9.97 Å². The SMILES string of the molecule is CN1Cc2cccc(Oc3ncncc3Cl)c2C1=O. The summed E-state index contributed by atoms with van der Waals surface area (Å²) in [4.78, 5) is 21.5. The zero-order valence-corrected chi connectivity index (χ0v) is 10.9. The Bertz CT molecular complexity index is 660. The van der Waals surface area contributed by atoms with Gasteiger partial charge >= 0.3 is 0 Å². The standard InChI is InChI=1S/C13H10ClN3O2/c1-17-6-8-3-2-4-10(11(8)13(17)18)19-12-9(14)5-15-7-16-12/h2-5,7H,6H2,1H3. The lowest BCUT2D eigenvalue weighted by Crippen LogP contribution is -2.17. The molecule has 0 radical (unpaired) electrons. The van der Waals surface area contributed by atoms with Gasteiger partial charge in [-0.25, -0.2) is 9.97 Å². The molecule has 1 aromatic heterocycles. The summed E-state index contributed by atoms with van der Waals surface area (Å²) in [5.41, 5.74) is 1.51. The Morgan fingerprint density at radius 2 is 2.26 bits per heavy atom. The number of fused-ring (bicyclic) bond motifs is 1. The number of aromatic nitrogens is 2. The number of rotatable bonds is 2. The smallest absolute Gasteiger partial charge is 0.258 e. The van der Waals surface area contributed by atoms with Gasteiger partial charge in [0.1, 0.15) is 17.1 Å². The molecular formula is C13H10ClN3O2. The van der Waals surface area contributed by atoms with Gasteiger partial charge in [-0.05, 0) is 11.6 Å². The van der Waals surface area contributed by atoms with Gasteiger partial charge in [0, 0.05) is 13.6 Å². The van der Waals surface area contributed by atoms with Gasteiger partial charge in [-0.3, -0.25) is 4.79 Å². The molecule has 0 fully saturated rings. The summed E-state index contributed by atoms with van der Waals surface area (Å²) in [6, 6.07) is 5.48. The third-order valence-electron chi connectivity index (χ3n) is 2.92. The summed E-state index contributed by atoms with van der Waals surface area (Å²) in [5.74, 6) is 0.649. The molecule has 1 aliphatic rings. The van der Waals surface area contributed by atoms with Crippen LogP contribution in [0.4, 0.5) is 0 Å². The van der Waals surface area contributed by atoms with E-state index in [4.69, 9.17) is 16.3 Å². The Morgan fingerprint density at radius 3 is 3.05 bits per heavy atom. The lowest BCUT2D eigenvalue weighted by atomic mass is 10.1. The summed E-state index contributed by atoms with van der Waals surface area (Å²) in [6.07, 6.45) is 2.79. The molecule has 1 amide bonds. The number of carbonyl (C=O) groups is 1. The molecule has 6 heteroatoms. The molecule has 5 nitrogen and oxygen atoms in total. The van der Waals surface area contributed by atoms with Crippen LogP contribution in [0.25, 0.3) is 0 Å². The predicted molar refractivity (Wildman–Crippen MR) is 69.4 cm³/mol. The molecule has 2 aromatic rings. The third kappa shape index (κ3) is 2.02. The first kappa shape index (κ1) is 11.9. The second-order valence-electron chi connectivity index (χ2n) is 4.23. The molecule has 0 spiro atoms. The highest BCUT2D eigenvalue weighted by Crippen LogP contribution is 2.34. The van der Waals surface area contributed by atoms with Gasteiger partial charge in [0.15, 0.2) is 0 Å². The van der Waals surface area contributed by atoms with Crippen molar-refractivity contribution in [1.29, 1.82) is 0 Å². The molecule has 2 heterocycles. The maximum absolute atomic E-state index is 12.1. The van der Waals surface area contributed by atoms with Crippen molar-refractivity contribution in [2.45, 2.75) is 6.54 Å². The fourth-order valence-electron chi connectivity index (χ4n) is 2.03. The van der Waals surface area contributed by atoms with E-state index < -0.39 is 0 Å². The van der Waals surface area contributed by atoms with E-state index in [0.717, 1.165) is 5.56 Å². The van der Waals surface area contributed by atoms with Crippen LogP contribution in [0.2, 0.25) is 5.02 Å².